The molecule has 2 saturated heterocycles. The number of cyclic esters (lactones) is 1. The molecule has 5 rings (SSSR count). The Morgan fingerprint density at radius 2 is 2.08 bits per heavy atom. The average Bonchev–Trinajstić information content (AvgIpc) is 3.19. The van der Waals surface area contributed by atoms with Gasteiger partial charge in [-0.05, 0) is 17.7 Å². The number of rotatable bonds is 4. The van der Waals surface area contributed by atoms with Gasteiger partial charge in [0.2, 0.25) is 0 Å². The lowest BCUT2D eigenvalue weighted by Gasteiger charge is -2.17. The smallest absolute Gasteiger partial charge is 0.414 e. The van der Waals surface area contributed by atoms with Gasteiger partial charge in [0.15, 0.2) is 0 Å². The fourth-order valence-electron chi connectivity index (χ4n) is 4.48. The number of nitriles is 1. The van der Waals surface area contributed by atoms with Gasteiger partial charge in [0.1, 0.15) is 6.10 Å². The Labute approximate surface area is 150 Å². The number of anilines is 1. The Hall–Kier alpha value is -2.92. The van der Waals surface area contributed by atoms with Gasteiger partial charge in [-0.3, -0.25) is 4.90 Å². The maximum absolute atomic E-state index is 12.2. The molecule has 1 aromatic carbocycles. The number of hydrogen-bond acceptors (Lipinski definition) is 6. The number of aromatic nitrogens is 3. The highest BCUT2D eigenvalue weighted by atomic mass is 16.6. The van der Waals surface area contributed by atoms with Crippen LogP contribution in [0.1, 0.15) is 5.56 Å². The summed E-state index contributed by atoms with van der Waals surface area (Å²) in [7, 11) is 0. The van der Waals surface area contributed by atoms with Crippen molar-refractivity contribution in [3.05, 3.63) is 42.2 Å². The summed E-state index contributed by atoms with van der Waals surface area (Å²) in [5.74, 6) is 0.810. The predicted molar refractivity (Wildman–Crippen MR) is 91.2 cm³/mol. The minimum absolute atomic E-state index is 0.261. The molecule has 8 nitrogen and oxygen atoms in total. The maximum atomic E-state index is 12.2. The van der Waals surface area contributed by atoms with Gasteiger partial charge in [0.05, 0.1) is 30.8 Å². The van der Waals surface area contributed by atoms with Gasteiger partial charge in [-0.25, -0.2) is 9.48 Å². The van der Waals surface area contributed by atoms with Crippen LogP contribution in [0.5, 0.6) is 0 Å². The van der Waals surface area contributed by atoms with Gasteiger partial charge < -0.3 is 10.1 Å². The zero-order valence-corrected chi connectivity index (χ0v) is 14.1. The fraction of sp³-hybridized carbons (Fsp3) is 0.444. The molecule has 0 radical (unpaired) electrons. The summed E-state index contributed by atoms with van der Waals surface area (Å²) in [6.07, 6.45) is 2.73. The standard InChI is InChI=1S/C18H18N6O2/c19-11-18(15-7-20-8-16(15)18)12-1-3-13(4-2-12)24-10-14(26-17(24)25)9-23-6-5-21-22-23/h1-6,14-16,20H,7-10H2/t14-,15?,16?,18?/m0/s1. The number of hydrogen-bond donors (Lipinski definition) is 1. The summed E-state index contributed by atoms with van der Waals surface area (Å²) in [5, 5.41) is 20.7. The Kier molecular flexibility index (Phi) is 3.27. The molecule has 2 aromatic rings. The molecule has 1 saturated carbocycles. The molecule has 1 N–H and O–H groups in total. The normalized spacial score (nSPS) is 32.2. The van der Waals surface area contributed by atoms with E-state index < -0.39 is 0 Å². The largest absolute Gasteiger partial charge is 0.442 e. The van der Waals surface area contributed by atoms with Gasteiger partial charge in [-0.15, -0.1) is 5.10 Å². The Morgan fingerprint density at radius 1 is 1.31 bits per heavy atom. The molecule has 3 aliphatic rings. The topological polar surface area (TPSA) is 96.1 Å². The lowest BCUT2D eigenvalue weighted by Crippen LogP contribution is -2.26. The molecule has 0 bridgehead atoms. The van der Waals surface area contributed by atoms with Crippen molar-refractivity contribution in [3.63, 3.8) is 0 Å². The zero-order chi connectivity index (χ0) is 17.7. The molecule has 1 amide bonds. The molecule has 2 unspecified atom stereocenters. The molecular formula is C18H18N6O2. The van der Waals surface area contributed by atoms with Crippen molar-refractivity contribution in [2.75, 3.05) is 24.5 Å². The second-order valence-corrected chi connectivity index (χ2v) is 7.14. The third kappa shape index (κ3) is 2.14. The van der Waals surface area contributed by atoms with Crippen molar-refractivity contribution in [1.82, 2.24) is 20.3 Å². The SMILES string of the molecule is N#CC1(c2ccc(N3C[C@H](Cn4ccnn4)OC3=O)cc2)C2CNCC21. The molecule has 1 aromatic heterocycles. The Balaban J connectivity index is 1.32. The predicted octanol–water partition coefficient (Wildman–Crippen LogP) is 0.914. The second-order valence-electron chi connectivity index (χ2n) is 7.14. The summed E-state index contributed by atoms with van der Waals surface area (Å²) < 4.78 is 7.09. The van der Waals surface area contributed by atoms with E-state index in [1.54, 1.807) is 22.0 Å². The van der Waals surface area contributed by atoms with E-state index in [0.29, 0.717) is 24.9 Å². The van der Waals surface area contributed by atoms with Crippen molar-refractivity contribution < 1.29 is 9.53 Å². The van der Waals surface area contributed by atoms with E-state index in [2.05, 4.69) is 21.7 Å². The third-order valence-corrected chi connectivity index (χ3v) is 5.85. The summed E-state index contributed by atoms with van der Waals surface area (Å²) in [6, 6.07) is 10.3. The van der Waals surface area contributed by atoms with Crippen LogP contribution >= 0.6 is 0 Å². The minimum Gasteiger partial charge on any atom is -0.442 e. The van der Waals surface area contributed by atoms with Gasteiger partial charge in [0, 0.05) is 36.8 Å². The fourth-order valence-corrected chi connectivity index (χ4v) is 4.48. The van der Waals surface area contributed by atoms with E-state index >= 15 is 0 Å². The molecule has 8 heteroatoms. The van der Waals surface area contributed by atoms with Gasteiger partial charge in [-0.1, -0.05) is 17.3 Å². The van der Waals surface area contributed by atoms with Crippen LogP contribution in [-0.2, 0) is 16.7 Å². The van der Waals surface area contributed by atoms with Crippen LogP contribution in [0, 0.1) is 23.2 Å². The number of nitrogens with zero attached hydrogens (tertiary/aromatic N) is 5. The van der Waals surface area contributed by atoms with E-state index in [9.17, 15) is 10.1 Å². The number of ether oxygens (including phenoxy) is 1. The van der Waals surface area contributed by atoms with E-state index in [4.69, 9.17) is 4.74 Å². The first-order valence-corrected chi connectivity index (χ1v) is 8.77. The van der Waals surface area contributed by atoms with Crippen molar-refractivity contribution in [1.29, 1.82) is 5.26 Å². The molecule has 1 aliphatic carbocycles. The molecule has 0 spiro atoms. The lowest BCUT2D eigenvalue weighted by atomic mass is 9.92. The molecular weight excluding hydrogens is 332 g/mol. The lowest BCUT2D eigenvalue weighted by molar-refractivity contribution is 0.129. The van der Waals surface area contributed by atoms with Gasteiger partial charge in [0.25, 0.3) is 0 Å². The van der Waals surface area contributed by atoms with Crippen LogP contribution in [0.15, 0.2) is 36.7 Å². The maximum Gasteiger partial charge on any atom is 0.414 e. The monoisotopic (exact) mass is 350 g/mol. The van der Waals surface area contributed by atoms with Gasteiger partial charge >= 0.3 is 6.09 Å². The molecule has 2 aliphatic heterocycles. The van der Waals surface area contributed by atoms with Crippen molar-refractivity contribution in [3.8, 4) is 6.07 Å². The summed E-state index contributed by atoms with van der Waals surface area (Å²) in [5.41, 5.74) is 1.48. The van der Waals surface area contributed by atoms with Crippen molar-refractivity contribution >= 4 is 11.8 Å². The van der Waals surface area contributed by atoms with Crippen molar-refractivity contribution in [2.45, 2.75) is 18.1 Å². The number of fused-ring (bicyclic) bond motifs is 1. The van der Waals surface area contributed by atoms with E-state index in [1.165, 1.54) is 0 Å². The van der Waals surface area contributed by atoms with Crippen LogP contribution in [-0.4, -0.2) is 46.8 Å². The minimum atomic E-state index is -0.356. The molecule has 132 valence electrons. The number of piperidine rings is 1. The summed E-state index contributed by atoms with van der Waals surface area (Å²) >= 11 is 0. The Morgan fingerprint density at radius 3 is 2.73 bits per heavy atom. The highest BCUT2D eigenvalue weighted by Crippen LogP contribution is 2.61. The zero-order valence-electron chi connectivity index (χ0n) is 14.1. The number of amides is 1. The van der Waals surface area contributed by atoms with E-state index in [0.717, 1.165) is 24.3 Å². The molecule has 26 heavy (non-hydrogen) atoms. The number of benzene rings is 1. The summed E-state index contributed by atoms with van der Waals surface area (Å²) in [4.78, 5) is 13.8. The van der Waals surface area contributed by atoms with E-state index in [1.807, 2.05) is 24.3 Å². The first kappa shape index (κ1) is 15.3. The van der Waals surface area contributed by atoms with Crippen molar-refractivity contribution in [2.24, 2.45) is 11.8 Å². The summed E-state index contributed by atoms with van der Waals surface area (Å²) in [6.45, 7) is 2.76. The number of carbonyl (C=O) groups is 1. The van der Waals surface area contributed by atoms with E-state index in [-0.39, 0.29) is 17.6 Å². The quantitative estimate of drug-likeness (QED) is 0.881. The Bertz CT molecular complexity index is 862. The van der Waals surface area contributed by atoms with Crippen LogP contribution in [0.25, 0.3) is 0 Å². The highest BCUT2D eigenvalue weighted by molar-refractivity contribution is 5.89. The molecule has 3 atom stereocenters. The van der Waals surface area contributed by atoms with Crippen LogP contribution in [0.2, 0.25) is 0 Å². The average molecular weight is 350 g/mol. The number of carbonyl (C=O) groups excluding carboxylic acids is 1. The van der Waals surface area contributed by atoms with Crippen LogP contribution in [0.4, 0.5) is 10.5 Å². The van der Waals surface area contributed by atoms with Crippen LogP contribution < -0.4 is 10.2 Å². The van der Waals surface area contributed by atoms with Gasteiger partial charge in [-0.2, -0.15) is 5.26 Å². The van der Waals surface area contributed by atoms with Crippen LogP contribution in [0.3, 0.4) is 0 Å². The number of nitrogens with one attached hydrogen (secondary N) is 1. The highest BCUT2D eigenvalue weighted by Gasteiger charge is 2.68. The first-order chi connectivity index (χ1) is 12.7. The molecule has 3 fully saturated rings. The first-order valence-electron chi connectivity index (χ1n) is 8.77. The second kappa shape index (κ2) is 5.54. The molecule has 3 heterocycles. The third-order valence-electron chi connectivity index (χ3n) is 5.85.